The molecular formula is C31H25NO5. The number of fused-ring (bicyclic) bond motifs is 1. The molecule has 1 N–H and O–H groups in total. The lowest BCUT2D eigenvalue weighted by Gasteiger charge is -2.18. The second-order valence-corrected chi connectivity index (χ2v) is 8.40. The summed E-state index contributed by atoms with van der Waals surface area (Å²) < 4.78 is 17.7. The van der Waals surface area contributed by atoms with Crippen molar-refractivity contribution in [2.45, 2.75) is 19.3 Å². The highest BCUT2D eigenvalue weighted by molar-refractivity contribution is 5.78. The number of aliphatic carboxylic acids is 1. The van der Waals surface area contributed by atoms with Gasteiger partial charge in [-0.3, -0.25) is 0 Å². The standard InChI is InChI=1S/C31H25NO5/c33-31(34)30(23-9-2-1-3-10-23)37-29-13-7-5-11-24(29)20-35-26-16-18-27(19-17-26)36-21-25-15-14-22-8-4-6-12-28(22)32-25/h1-19,30H,20-21H2,(H,33,34). The summed E-state index contributed by atoms with van der Waals surface area (Å²) in [6, 6.07) is 35.5. The average molecular weight is 492 g/mol. The zero-order valence-corrected chi connectivity index (χ0v) is 20.0. The number of para-hydroxylation sites is 2. The van der Waals surface area contributed by atoms with Crippen LogP contribution in [0.1, 0.15) is 22.9 Å². The Kier molecular flexibility index (Phi) is 7.27. The van der Waals surface area contributed by atoms with Crippen LogP contribution in [-0.4, -0.2) is 16.1 Å². The Bertz CT molecular complexity index is 1490. The number of nitrogens with zero attached hydrogens (tertiary/aromatic N) is 1. The zero-order valence-electron chi connectivity index (χ0n) is 20.0. The number of pyridine rings is 1. The predicted molar refractivity (Wildman–Crippen MR) is 141 cm³/mol. The van der Waals surface area contributed by atoms with Gasteiger partial charge < -0.3 is 19.3 Å². The van der Waals surface area contributed by atoms with E-state index < -0.39 is 12.1 Å². The lowest BCUT2D eigenvalue weighted by atomic mass is 10.1. The van der Waals surface area contributed by atoms with Gasteiger partial charge in [-0.15, -0.1) is 0 Å². The molecule has 0 fully saturated rings. The molecule has 6 nitrogen and oxygen atoms in total. The SMILES string of the molecule is O=C(O)C(Oc1ccccc1COc1ccc(OCc2ccc3ccccc3n2)cc1)c1ccccc1. The first-order valence-corrected chi connectivity index (χ1v) is 11.9. The Hall–Kier alpha value is -4.84. The zero-order chi connectivity index (χ0) is 25.5. The van der Waals surface area contributed by atoms with E-state index in [1.54, 1.807) is 36.4 Å². The quantitative estimate of drug-likeness (QED) is 0.237. The summed E-state index contributed by atoms with van der Waals surface area (Å²) in [5.74, 6) is 0.764. The third-order valence-corrected chi connectivity index (χ3v) is 5.80. The van der Waals surface area contributed by atoms with Gasteiger partial charge in [0.2, 0.25) is 6.10 Å². The maximum atomic E-state index is 11.9. The molecule has 0 aliphatic rings. The smallest absolute Gasteiger partial charge is 0.349 e. The van der Waals surface area contributed by atoms with Crippen molar-refractivity contribution in [3.63, 3.8) is 0 Å². The van der Waals surface area contributed by atoms with Gasteiger partial charge in [0, 0.05) is 16.5 Å². The van der Waals surface area contributed by atoms with Crippen molar-refractivity contribution >= 4 is 16.9 Å². The van der Waals surface area contributed by atoms with Crippen LogP contribution in [0.3, 0.4) is 0 Å². The van der Waals surface area contributed by atoms with Gasteiger partial charge >= 0.3 is 5.97 Å². The molecule has 37 heavy (non-hydrogen) atoms. The van der Waals surface area contributed by atoms with Crippen molar-refractivity contribution in [2.75, 3.05) is 0 Å². The number of carboxylic acids is 1. The number of aromatic nitrogens is 1. The summed E-state index contributed by atoms with van der Waals surface area (Å²) in [7, 11) is 0. The Balaban J connectivity index is 1.20. The van der Waals surface area contributed by atoms with Crippen molar-refractivity contribution < 1.29 is 24.1 Å². The maximum Gasteiger partial charge on any atom is 0.349 e. The van der Waals surface area contributed by atoms with Crippen molar-refractivity contribution in [2.24, 2.45) is 0 Å². The van der Waals surface area contributed by atoms with Crippen LogP contribution < -0.4 is 14.2 Å². The summed E-state index contributed by atoms with van der Waals surface area (Å²) in [4.78, 5) is 16.5. The lowest BCUT2D eigenvalue weighted by Crippen LogP contribution is -2.19. The van der Waals surface area contributed by atoms with Gasteiger partial charge in [0.25, 0.3) is 0 Å². The van der Waals surface area contributed by atoms with Crippen molar-refractivity contribution in [1.29, 1.82) is 0 Å². The van der Waals surface area contributed by atoms with Gasteiger partial charge in [0.1, 0.15) is 30.5 Å². The minimum Gasteiger partial charge on any atom is -0.489 e. The highest BCUT2D eigenvalue weighted by Gasteiger charge is 2.22. The second kappa shape index (κ2) is 11.3. The fraction of sp³-hybridized carbons (Fsp3) is 0.0968. The summed E-state index contributed by atoms with van der Waals surface area (Å²) in [6.45, 7) is 0.584. The molecule has 4 aromatic carbocycles. The Morgan fingerprint density at radius 1 is 0.703 bits per heavy atom. The lowest BCUT2D eigenvalue weighted by molar-refractivity contribution is -0.145. The van der Waals surface area contributed by atoms with Gasteiger partial charge in [-0.2, -0.15) is 0 Å². The second-order valence-electron chi connectivity index (χ2n) is 8.40. The molecule has 0 spiro atoms. The van der Waals surface area contributed by atoms with Gasteiger partial charge in [0.15, 0.2) is 0 Å². The molecule has 184 valence electrons. The number of rotatable bonds is 10. The van der Waals surface area contributed by atoms with E-state index in [4.69, 9.17) is 14.2 Å². The van der Waals surface area contributed by atoms with Crippen LogP contribution in [0.15, 0.2) is 115 Å². The molecule has 0 radical (unpaired) electrons. The molecule has 0 aliphatic carbocycles. The van der Waals surface area contributed by atoms with E-state index in [2.05, 4.69) is 4.98 Å². The van der Waals surface area contributed by atoms with E-state index in [1.807, 2.05) is 78.9 Å². The Morgan fingerprint density at radius 3 is 2.11 bits per heavy atom. The van der Waals surface area contributed by atoms with Crippen LogP contribution in [0.25, 0.3) is 10.9 Å². The first-order chi connectivity index (χ1) is 18.2. The number of carbonyl (C=O) groups is 1. The van der Waals surface area contributed by atoms with Crippen LogP contribution in [0, 0.1) is 0 Å². The molecule has 0 saturated carbocycles. The van der Waals surface area contributed by atoms with Gasteiger partial charge in [-0.25, -0.2) is 9.78 Å². The number of hydrogen-bond acceptors (Lipinski definition) is 5. The van der Waals surface area contributed by atoms with Crippen LogP contribution in [-0.2, 0) is 18.0 Å². The summed E-state index contributed by atoms with van der Waals surface area (Å²) in [5, 5.41) is 10.8. The summed E-state index contributed by atoms with van der Waals surface area (Å²) in [6.07, 6.45) is -1.11. The minimum absolute atomic E-state index is 0.221. The number of hydrogen-bond donors (Lipinski definition) is 1. The molecule has 5 aromatic rings. The topological polar surface area (TPSA) is 77.9 Å². The molecule has 5 rings (SSSR count). The molecule has 6 heteroatoms. The molecule has 1 atom stereocenters. The van der Waals surface area contributed by atoms with E-state index in [0.717, 1.165) is 22.2 Å². The Labute approximate surface area is 214 Å². The normalized spacial score (nSPS) is 11.6. The third kappa shape index (κ3) is 6.05. The van der Waals surface area contributed by atoms with Crippen molar-refractivity contribution in [3.8, 4) is 17.2 Å². The Morgan fingerprint density at radius 2 is 1.35 bits per heavy atom. The monoisotopic (exact) mass is 491 g/mol. The van der Waals surface area contributed by atoms with E-state index in [1.165, 1.54) is 0 Å². The number of benzene rings is 4. The average Bonchev–Trinajstić information content (AvgIpc) is 2.95. The van der Waals surface area contributed by atoms with Crippen LogP contribution >= 0.6 is 0 Å². The van der Waals surface area contributed by atoms with Crippen LogP contribution in [0.2, 0.25) is 0 Å². The van der Waals surface area contributed by atoms with Crippen LogP contribution in [0.4, 0.5) is 0 Å². The fourth-order valence-corrected chi connectivity index (χ4v) is 3.89. The van der Waals surface area contributed by atoms with Crippen LogP contribution in [0.5, 0.6) is 17.2 Å². The fourth-order valence-electron chi connectivity index (χ4n) is 3.89. The molecular weight excluding hydrogens is 466 g/mol. The third-order valence-electron chi connectivity index (χ3n) is 5.80. The van der Waals surface area contributed by atoms with E-state index >= 15 is 0 Å². The maximum absolute atomic E-state index is 11.9. The molecule has 1 aromatic heterocycles. The molecule has 0 bridgehead atoms. The largest absolute Gasteiger partial charge is 0.489 e. The first kappa shape index (κ1) is 23.9. The number of carboxylic acid groups (broad SMARTS) is 1. The highest BCUT2D eigenvalue weighted by Crippen LogP contribution is 2.27. The van der Waals surface area contributed by atoms with Crippen molar-refractivity contribution in [3.05, 3.63) is 132 Å². The summed E-state index contributed by atoms with van der Waals surface area (Å²) in [5.41, 5.74) is 3.11. The predicted octanol–water partition coefficient (Wildman–Crippen LogP) is 6.60. The van der Waals surface area contributed by atoms with Gasteiger partial charge in [-0.1, -0.05) is 72.8 Å². The minimum atomic E-state index is -1.11. The van der Waals surface area contributed by atoms with E-state index in [0.29, 0.717) is 29.4 Å². The van der Waals surface area contributed by atoms with E-state index in [9.17, 15) is 9.90 Å². The molecule has 0 amide bonds. The highest BCUT2D eigenvalue weighted by atomic mass is 16.5. The summed E-state index contributed by atoms with van der Waals surface area (Å²) >= 11 is 0. The number of ether oxygens (including phenoxy) is 3. The van der Waals surface area contributed by atoms with E-state index in [-0.39, 0.29) is 6.61 Å². The molecule has 0 saturated heterocycles. The molecule has 1 unspecified atom stereocenters. The first-order valence-electron chi connectivity index (χ1n) is 11.9. The van der Waals surface area contributed by atoms with Gasteiger partial charge in [0.05, 0.1) is 11.2 Å². The van der Waals surface area contributed by atoms with Crippen molar-refractivity contribution in [1.82, 2.24) is 4.98 Å². The molecule has 0 aliphatic heterocycles. The molecule has 1 heterocycles. The van der Waals surface area contributed by atoms with Gasteiger partial charge in [-0.05, 0) is 42.5 Å².